The summed E-state index contributed by atoms with van der Waals surface area (Å²) in [4.78, 5) is 32.4. The number of piperazine rings is 1. The molecule has 0 N–H and O–H groups in total. The minimum Gasteiger partial charge on any atom is -0.441 e. The number of hydrogen-bond acceptors (Lipinski definition) is 4. The Kier molecular flexibility index (Phi) is 5.94. The van der Waals surface area contributed by atoms with E-state index in [0.717, 1.165) is 11.3 Å². The summed E-state index contributed by atoms with van der Waals surface area (Å²) < 4.78 is 5.79. The second kappa shape index (κ2) is 8.37. The fraction of sp³-hybridized carbons (Fsp3) is 0.476. The highest BCUT2D eigenvalue weighted by Gasteiger charge is 2.25. The zero-order valence-corrected chi connectivity index (χ0v) is 16.3. The topological polar surface area (TPSA) is 66.7 Å². The van der Waals surface area contributed by atoms with Gasteiger partial charge in [0.1, 0.15) is 0 Å². The summed E-state index contributed by atoms with van der Waals surface area (Å²) in [5.41, 5.74) is 2.18. The highest BCUT2D eigenvalue weighted by Crippen LogP contribution is 2.21. The molecule has 1 fully saturated rings. The fourth-order valence-corrected chi connectivity index (χ4v) is 3.19. The zero-order chi connectivity index (χ0) is 19.4. The summed E-state index contributed by atoms with van der Waals surface area (Å²) in [6.07, 6.45) is 2.56. The predicted octanol–water partition coefficient (Wildman–Crippen LogP) is 2.91. The van der Waals surface area contributed by atoms with Gasteiger partial charge in [-0.3, -0.25) is 9.59 Å². The Morgan fingerprint density at radius 2 is 1.70 bits per heavy atom. The van der Waals surface area contributed by atoms with Crippen molar-refractivity contribution < 1.29 is 14.0 Å². The Balaban J connectivity index is 1.49. The molecular weight excluding hydrogens is 342 g/mol. The van der Waals surface area contributed by atoms with Crippen LogP contribution in [-0.4, -0.2) is 52.8 Å². The van der Waals surface area contributed by atoms with Gasteiger partial charge < -0.3 is 14.2 Å². The van der Waals surface area contributed by atoms with Crippen molar-refractivity contribution >= 4 is 11.8 Å². The molecule has 2 heterocycles. The van der Waals surface area contributed by atoms with Crippen molar-refractivity contribution in [3.05, 3.63) is 41.9 Å². The monoisotopic (exact) mass is 369 g/mol. The molecule has 1 aliphatic rings. The summed E-state index contributed by atoms with van der Waals surface area (Å²) in [5, 5.41) is 0. The molecular formula is C21H27N3O3. The average molecular weight is 369 g/mol. The minimum absolute atomic E-state index is 0.00000347. The lowest BCUT2D eigenvalue weighted by atomic mass is 10.1. The van der Waals surface area contributed by atoms with Crippen LogP contribution in [0.1, 0.15) is 31.7 Å². The Bertz CT molecular complexity index is 787. The van der Waals surface area contributed by atoms with Crippen LogP contribution in [0.15, 0.2) is 34.9 Å². The van der Waals surface area contributed by atoms with E-state index in [2.05, 4.69) is 4.98 Å². The van der Waals surface area contributed by atoms with Gasteiger partial charge in [-0.2, -0.15) is 0 Å². The third-order valence-electron chi connectivity index (χ3n) is 4.88. The van der Waals surface area contributed by atoms with Gasteiger partial charge in [-0.15, -0.1) is 0 Å². The van der Waals surface area contributed by atoms with E-state index in [0.29, 0.717) is 44.9 Å². The van der Waals surface area contributed by atoms with E-state index in [4.69, 9.17) is 4.42 Å². The number of aromatic nitrogens is 1. The molecule has 6 heteroatoms. The first-order chi connectivity index (χ1) is 12.9. The van der Waals surface area contributed by atoms with Gasteiger partial charge >= 0.3 is 0 Å². The largest absolute Gasteiger partial charge is 0.441 e. The lowest BCUT2D eigenvalue weighted by Gasteiger charge is -2.35. The fourth-order valence-electron chi connectivity index (χ4n) is 3.19. The molecule has 144 valence electrons. The quantitative estimate of drug-likeness (QED) is 0.813. The highest BCUT2D eigenvalue weighted by molar-refractivity contribution is 5.79. The van der Waals surface area contributed by atoms with Gasteiger partial charge in [0.25, 0.3) is 0 Å². The number of aryl methyl sites for hydroxylation is 2. The molecule has 2 amide bonds. The molecule has 0 aliphatic carbocycles. The van der Waals surface area contributed by atoms with Crippen molar-refractivity contribution in [2.45, 2.75) is 33.6 Å². The van der Waals surface area contributed by atoms with Crippen LogP contribution in [0, 0.1) is 12.8 Å². The maximum absolute atomic E-state index is 12.4. The number of carbonyl (C=O) groups is 2. The maximum Gasteiger partial charge on any atom is 0.225 e. The highest BCUT2D eigenvalue weighted by atomic mass is 16.4. The molecule has 27 heavy (non-hydrogen) atoms. The van der Waals surface area contributed by atoms with E-state index in [1.807, 2.05) is 54.8 Å². The molecule has 1 aliphatic heterocycles. The number of benzene rings is 1. The number of amides is 2. The molecule has 0 bridgehead atoms. The van der Waals surface area contributed by atoms with Crippen molar-refractivity contribution in [2.75, 3.05) is 26.2 Å². The van der Waals surface area contributed by atoms with Gasteiger partial charge in [-0.25, -0.2) is 4.98 Å². The van der Waals surface area contributed by atoms with Gasteiger partial charge in [0.15, 0.2) is 11.7 Å². The lowest BCUT2D eigenvalue weighted by molar-refractivity contribution is -0.141. The molecule has 0 radical (unpaired) electrons. The third kappa shape index (κ3) is 4.76. The average Bonchev–Trinajstić information content (AvgIpc) is 3.15. The molecule has 0 spiro atoms. The second-order valence-corrected chi connectivity index (χ2v) is 7.35. The molecule has 0 unspecified atom stereocenters. The molecule has 3 rings (SSSR count). The smallest absolute Gasteiger partial charge is 0.225 e. The van der Waals surface area contributed by atoms with Crippen LogP contribution in [0.2, 0.25) is 0 Å². The van der Waals surface area contributed by atoms with Gasteiger partial charge in [0.2, 0.25) is 11.8 Å². The first-order valence-corrected chi connectivity index (χ1v) is 9.52. The maximum atomic E-state index is 12.4. The van der Waals surface area contributed by atoms with Crippen LogP contribution in [0.25, 0.3) is 11.3 Å². The molecule has 6 nitrogen and oxygen atoms in total. The number of oxazole rings is 1. The SMILES string of the molecule is Cc1ccc(-c2cnc(CCC(=O)N3CCN(C(=O)C(C)C)CC3)o2)cc1. The van der Waals surface area contributed by atoms with Crippen LogP contribution in [0.4, 0.5) is 0 Å². The van der Waals surface area contributed by atoms with E-state index in [1.165, 1.54) is 5.56 Å². The Morgan fingerprint density at radius 3 is 2.33 bits per heavy atom. The molecule has 0 atom stereocenters. The second-order valence-electron chi connectivity index (χ2n) is 7.35. The van der Waals surface area contributed by atoms with E-state index < -0.39 is 0 Å². The van der Waals surface area contributed by atoms with Crippen molar-refractivity contribution in [1.82, 2.24) is 14.8 Å². The molecule has 2 aromatic rings. The van der Waals surface area contributed by atoms with Crippen molar-refractivity contribution in [1.29, 1.82) is 0 Å². The Hall–Kier alpha value is -2.63. The molecule has 0 saturated carbocycles. The van der Waals surface area contributed by atoms with Crippen LogP contribution in [0.3, 0.4) is 0 Å². The zero-order valence-electron chi connectivity index (χ0n) is 16.3. The van der Waals surface area contributed by atoms with Crippen LogP contribution in [0.5, 0.6) is 0 Å². The molecule has 1 aromatic carbocycles. The van der Waals surface area contributed by atoms with E-state index >= 15 is 0 Å². The first kappa shape index (κ1) is 19.1. The minimum atomic E-state index is 0.00000347. The first-order valence-electron chi connectivity index (χ1n) is 9.52. The van der Waals surface area contributed by atoms with Crippen LogP contribution < -0.4 is 0 Å². The van der Waals surface area contributed by atoms with Gasteiger partial charge in [0.05, 0.1) is 6.20 Å². The van der Waals surface area contributed by atoms with Gasteiger partial charge in [-0.1, -0.05) is 43.7 Å². The normalized spacial score (nSPS) is 14.7. The summed E-state index contributed by atoms with van der Waals surface area (Å²) in [6.45, 7) is 8.26. The van der Waals surface area contributed by atoms with Crippen LogP contribution >= 0.6 is 0 Å². The number of rotatable bonds is 5. The Labute approximate surface area is 160 Å². The summed E-state index contributed by atoms with van der Waals surface area (Å²) in [6, 6.07) is 8.07. The summed E-state index contributed by atoms with van der Waals surface area (Å²) in [7, 11) is 0. The summed E-state index contributed by atoms with van der Waals surface area (Å²) in [5.74, 6) is 1.54. The number of nitrogens with zero attached hydrogens (tertiary/aromatic N) is 3. The van der Waals surface area contributed by atoms with Gasteiger partial charge in [0, 0.05) is 50.5 Å². The Morgan fingerprint density at radius 1 is 1.07 bits per heavy atom. The molecule has 1 saturated heterocycles. The lowest BCUT2D eigenvalue weighted by Crippen LogP contribution is -2.51. The standard InChI is InChI=1S/C21H27N3O3/c1-15(2)21(26)24-12-10-23(11-13-24)20(25)9-8-19-22-14-18(27-19)17-6-4-16(3)5-7-17/h4-7,14-15H,8-13H2,1-3H3. The number of carbonyl (C=O) groups excluding carboxylic acids is 2. The van der Waals surface area contributed by atoms with Crippen molar-refractivity contribution in [3.63, 3.8) is 0 Å². The third-order valence-corrected chi connectivity index (χ3v) is 4.88. The summed E-state index contributed by atoms with van der Waals surface area (Å²) >= 11 is 0. The van der Waals surface area contributed by atoms with E-state index in [9.17, 15) is 9.59 Å². The van der Waals surface area contributed by atoms with E-state index in [-0.39, 0.29) is 17.7 Å². The molecule has 1 aromatic heterocycles. The van der Waals surface area contributed by atoms with Crippen molar-refractivity contribution in [3.8, 4) is 11.3 Å². The van der Waals surface area contributed by atoms with E-state index in [1.54, 1.807) is 6.20 Å². The van der Waals surface area contributed by atoms with Crippen LogP contribution in [-0.2, 0) is 16.0 Å². The number of hydrogen-bond donors (Lipinski definition) is 0. The predicted molar refractivity (Wildman–Crippen MR) is 103 cm³/mol. The van der Waals surface area contributed by atoms with Crippen molar-refractivity contribution in [2.24, 2.45) is 5.92 Å². The van der Waals surface area contributed by atoms with Gasteiger partial charge in [-0.05, 0) is 6.92 Å².